The second-order valence-electron chi connectivity index (χ2n) is 3.33. The summed E-state index contributed by atoms with van der Waals surface area (Å²) in [6, 6.07) is 0. The van der Waals surface area contributed by atoms with Crippen LogP contribution in [-0.4, -0.2) is 41.3 Å². The quantitative estimate of drug-likeness (QED) is 0.861. The summed E-state index contributed by atoms with van der Waals surface area (Å²) in [5.41, 5.74) is 0.879. The molecule has 7 heteroatoms. The summed E-state index contributed by atoms with van der Waals surface area (Å²) < 4.78 is 0. The van der Waals surface area contributed by atoms with Gasteiger partial charge in [-0.3, -0.25) is 0 Å². The van der Waals surface area contributed by atoms with E-state index in [1.54, 1.807) is 12.4 Å². The fourth-order valence-electron chi connectivity index (χ4n) is 1.10. The first-order valence-corrected chi connectivity index (χ1v) is 5.53. The number of hydrogen-bond acceptors (Lipinski definition) is 7. The number of nitrogens with one attached hydrogen (secondary N) is 1. The van der Waals surface area contributed by atoms with Gasteiger partial charge in [0.2, 0.25) is 11.1 Å². The summed E-state index contributed by atoms with van der Waals surface area (Å²) in [5.74, 6) is 0.683. The molecule has 0 bridgehead atoms. The maximum atomic E-state index is 4.22. The lowest BCUT2D eigenvalue weighted by Gasteiger charge is -2.08. The van der Waals surface area contributed by atoms with Crippen molar-refractivity contribution in [2.75, 3.05) is 31.4 Å². The Labute approximate surface area is 97.4 Å². The number of nitrogens with zero attached hydrogens (tertiary/aromatic N) is 5. The zero-order valence-corrected chi connectivity index (χ0v) is 10.1. The first kappa shape index (κ1) is 10.7. The first-order valence-electron chi connectivity index (χ1n) is 4.71. The highest BCUT2D eigenvalue weighted by atomic mass is 32.1. The normalized spacial score (nSPS) is 10.2. The van der Waals surface area contributed by atoms with Crippen LogP contribution in [0.2, 0.25) is 0 Å². The van der Waals surface area contributed by atoms with Gasteiger partial charge in [0.25, 0.3) is 0 Å². The third-order valence-electron chi connectivity index (χ3n) is 1.92. The van der Waals surface area contributed by atoms with E-state index in [2.05, 4.69) is 25.5 Å². The van der Waals surface area contributed by atoms with E-state index < -0.39 is 0 Å². The molecule has 2 aromatic rings. The molecule has 0 aromatic carbocycles. The maximum absolute atomic E-state index is 4.22. The predicted molar refractivity (Wildman–Crippen MR) is 64.8 cm³/mol. The van der Waals surface area contributed by atoms with E-state index in [-0.39, 0.29) is 0 Å². The van der Waals surface area contributed by atoms with Gasteiger partial charge in [0, 0.05) is 39.1 Å². The maximum Gasteiger partial charge on any atom is 0.224 e. The molecular weight excluding hydrogens is 224 g/mol. The Hall–Kier alpha value is -1.76. The average molecular weight is 236 g/mol. The molecule has 0 aliphatic heterocycles. The van der Waals surface area contributed by atoms with Gasteiger partial charge in [0.15, 0.2) is 5.01 Å². The Bertz CT molecular complexity index is 463. The van der Waals surface area contributed by atoms with Crippen molar-refractivity contribution in [2.24, 2.45) is 0 Å². The second-order valence-corrected chi connectivity index (χ2v) is 4.31. The fourth-order valence-corrected chi connectivity index (χ4v) is 1.78. The van der Waals surface area contributed by atoms with E-state index in [1.165, 1.54) is 11.3 Å². The first-order chi connectivity index (χ1) is 7.70. The van der Waals surface area contributed by atoms with Gasteiger partial charge < -0.3 is 10.2 Å². The van der Waals surface area contributed by atoms with Crippen LogP contribution in [-0.2, 0) is 0 Å². The van der Waals surface area contributed by atoms with Crippen LogP contribution in [0.3, 0.4) is 0 Å². The van der Waals surface area contributed by atoms with Crippen LogP contribution in [0.1, 0.15) is 0 Å². The lowest BCUT2D eigenvalue weighted by atomic mass is 10.4. The molecule has 16 heavy (non-hydrogen) atoms. The molecular formula is C9H12N6S. The minimum absolute atomic E-state index is 0.683. The topological polar surface area (TPSA) is 66.8 Å². The molecule has 0 unspecified atom stereocenters. The van der Waals surface area contributed by atoms with E-state index in [0.29, 0.717) is 5.95 Å². The highest BCUT2D eigenvalue weighted by Gasteiger charge is 2.07. The zero-order valence-electron chi connectivity index (χ0n) is 9.30. The molecule has 0 fully saturated rings. The molecule has 0 aliphatic rings. The Morgan fingerprint density at radius 1 is 1.19 bits per heavy atom. The average Bonchev–Trinajstić information content (AvgIpc) is 2.77. The van der Waals surface area contributed by atoms with E-state index >= 15 is 0 Å². The van der Waals surface area contributed by atoms with Crippen LogP contribution in [0, 0.1) is 0 Å². The molecule has 0 amide bonds. The van der Waals surface area contributed by atoms with Crippen molar-refractivity contribution in [3.05, 3.63) is 12.4 Å². The SMILES string of the molecule is CNc1nnc(-c2cnc(N(C)C)nc2)s1. The van der Waals surface area contributed by atoms with Crippen LogP contribution in [0.5, 0.6) is 0 Å². The Morgan fingerprint density at radius 3 is 2.38 bits per heavy atom. The van der Waals surface area contributed by atoms with Crippen molar-refractivity contribution in [2.45, 2.75) is 0 Å². The molecule has 84 valence electrons. The van der Waals surface area contributed by atoms with Crippen molar-refractivity contribution in [1.29, 1.82) is 0 Å². The minimum Gasteiger partial charge on any atom is -0.363 e. The van der Waals surface area contributed by atoms with Crippen LogP contribution < -0.4 is 10.2 Å². The summed E-state index contributed by atoms with van der Waals surface area (Å²) in [6.07, 6.45) is 3.50. The molecule has 0 atom stereocenters. The minimum atomic E-state index is 0.683. The van der Waals surface area contributed by atoms with Crippen molar-refractivity contribution in [1.82, 2.24) is 20.2 Å². The van der Waals surface area contributed by atoms with E-state index in [1.807, 2.05) is 26.0 Å². The third kappa shape index (κ3) is 2.08. The number of hydrogen-bond donors (Lipinski definition) is 1. The summed E-state index contributed by atoms with van der Waals surface area (Å²) in [5, 5.41) is 12.5. The number of anilines is 2. The highest BCUT2D eigenvalue weighted by molar-refractivity contribution is 7.18. The summed E-state index contributed by atoms with van der Waals surface area (Å²) in [7, 11) is 5.62. The van der Waals surface area contributed by atoms with Crippen molar-refractivity contribution < 1.29 is 0 Å². The van der Waals surface area contributed by atoms with Crippen molar-refractivity contribution in [3.8, 4) is 10.6 Å². The van der Waals surface area contributed by atoms with E-state index in [4.69, 9.17) is 0 Å². The van der Waals surface area contributed by atoms with E-state index in [0.717, 1.165) is 15.7 Å². The van der Waals surface area contributed by atoms with Gasteiger partial charge in [-0.2, -0.15) is 0 Å². The van der Waals surface area contributed by atoms with Gasteiger partial charge in [0.05, 0.1) is 0 Å². The Kier molecular flexibility index (Phi) is 2.95. The molecule has 0 spiro atoms. The van der Waals surface area contributed by atoms with Crippen LogP contribution in [0.15, 0.2) is 12.4 Å². The number of rotatable bonds is 3. The molecule has 6 nitrogen and oxygen atoms in total. The Balaban J connectivity index is 2.27. The fraction of sp³-hybridized carbons (Fsp3) is 0.333. The molecule has 0 aliphatic carbocycles. The smallest absolute Gasteiger partial charge is 0.224 e. The molecule has 2 heterocycles. The van der Waals surface area contributed by atoms with Gasteiger partial charge in [-0.15, -0.1) is 10.2 Å². The molecule has 2 aromatic heterocycles. The standard InChI is InChI=1S/C9H12N6S/c1-10-9-14-13-7(16-9)6-4-11-8(12-5-6)15(2)3/h4-5H,1-3H3,(H,10,14). The molecule has 2 rings (SSSR count). The van der Waals surface area contributed by atoms with Crippen molar-refractivity contribution in [3.63, 3.8) is 0 Å². The van der Waals surface area contributed by atoms with Crippen molar-refractivity contribution >= 4 is 22.4 Å². The van der Waals surface area contributed by atoms with Crippen LogP contribution in [0.25, 0.3) is 10.6 Å². The van der Waals surface area contributed by atoms with Gasteiger partial charge in [-0.1, -0.05) is 11.3 Å². The monoisotopic (exact) mass is 236 g/mol. The predicted octanol–water partition coefficient (Wildman–Crippen LogP) is 1.10. The van der Waals surface area contributed by atoms with Crippen LogP contribution >= 0.6 is 11.3 Å². The van der Waals surface area contributed by atoms with E-state index in [9.17, 15) is 0 Å². The highest BCUT2D eigenvalue weighted by Crippen LogP contribution is 2.25. The molecule has 0 saturated carbocycles. The third-order valence-corrected chi connectivity index (χ3v) is 2.91. The summed E-state index contributed by atoms with van der Waals surface area (Å²) >= 11 is 1.47. The lowest BCUT2D eigenvalue weighted by Crippen LogP contribution is -2.12. The summed E-state index contributed by atoms with van der Waals surface area (Å²) in [6.45, 7) is 0. The largest absolute Gasteiger partial charge is 0.363 e. The van der Waals surface area contributed by atoms with Gasteiger partial charge in [0.1, 0.15) is 0 Å². The lowest BCUT2D eigenvalue weighted by molar-refractivity contribution is 0.997. The van der Waals surface area contributed by atoms with Gasteiger partial charge in [-0.05, 0) is 0 Å². The Morgan fingerprint density at radius 2 is 1.88 bits per heavy atom. The van der Waals surface area contributed by atoms with Gasteiger partial charge in [-0.25, -0.2) is 9.97 Å². The molecule has 1 N–H and O–H groups in total. The van der Waals surface area contributed by atoms with Crippen LogP contribution in [0.4, 0.5) is 11.1 Å². The van der Waals surface area contributed by atoms with Gasteiger partial charge >= 0.3 is 0 Å². The summed E-state index contributed by atoms with van der Waals surface area (Å²) in [4.78, 5) is 10.3. The molecule has 0 saturated heterocycles. The number of aromatic nitrogens is 4. The molecule has 0 radical (unpaired) electrons. The second kappa shape index (κ2) is 4.40. The zero-order chi connectivity index (χ0) is 11.5.